The lowest BCUT2D eigenvalue weighted by atomic mass is 10.2. The fourth-order valence-electron chi connectivity index (χ4n) is 0.926. The van der Waals surface area contributed by atoms with Gasteiger partial charge in [-0.15, -0.1) is 0 Å². The normalized spacial score (nSPS) is 12.2. The number of carbonyl (C=O) groups is 2. The first-order chi connectivity index (χ1) is 6.50. The second-order valence-corrected chi connectivity index (χ2v) is 3.22. The lowest BCUT2D eigenvalue weighted by molar-refractivity contribution is -0.118. The van der Waals surface area contributed by atoms with Crippen LogP contribution in [0.15, 0.2) is 16.5 Å². The van der Waals surface area contributed by atoms with Crippen molar-refractivity contribution in [2.45, 2.75) is 26.8 Å². The van der Waals surface area contributed by atoms with E-state index in [0.717, 1.165) is 0 Å². The van der Waals surface area contributed by atoms with Crippen LogP contribution in [0.2, 0.25) is 0 Å². The Balaban J connectivity index is 2.63. The van der Waals surface area contributed by atoms with Gasteiger partial charge in [0.05, 0.1) is 6.04 Å². The van der Waals surface area contributed by atoms with Gasteiger partial charge in [0.25, 0.3) is 5.91 Å². The van der Waals surface area contributed by atoms with E-state index >= 15 is 0 Å². The highest BCUT2D eigenvalue weighted by Crippen LogP contribution is 2.06. The molecule has 1 amide bonds. The second-order valence-electron chi connectivity index (χ2n) is 3.22. The standard InChI is InChI=1S/C10H13NO3/c1-6-4-5-9(14-6)10(13)11-7(2)8(3)12/h4-5,7H,1-3H3,(H,11,13). The Kier molecular flexibility index (Phi) is 3.06. The van der Waals surface area contributed by atoms with Gasteiger partial charge in [0.1, 0.15) is 5.76 Å². The number of hydrogen-bond acceptors (Lipinski definition) is 3. The second kappa shape index (κ2) is 4.09. The van der Waals surface area contributed by atoms with Gasteiger partial charge in [-0.2, -0.15) is 0 Å². The van der Waals surface area contributed by atoms with E-state index in [2.05, 4.69) is 5.32 Å². The number of aryl methyl sites for hydroxylation is 1. The molecule has 0 aliphatic rings. The predicted molar refractivity (Wildman–Crippen MR) is 51.1 cm³/mol. The molecule has 4 nitrogen and oxygen atoms in total. The van der Waals surface area contributed by atoms with Gasteiger partial charge in [0.2, 0.25) is 0 Å². The zero-order valence-electron chi connectivity index (χ0n) is 8.46. The molecule has 1 aromatic heterocycles. The fraction of sp³-hybridized carbons (Fsp3) is 0.400. The van der Waals surface area contributed by atoms with Crippen LogP contribution < -0.4 is 5.32 Å². The molecule has 0 bridgehead atoms. The van der Waals surface area contributed by atoms with Gasteiger partial charge >= 0.3 is 0 Å². The maximum atomic E-state index is 11.4. The molecule has 0 aliphatic heterocycles. The Labute approximate surface area is 82.3 Å². The minimum atomic E-state index is -0.479. The van der Waals surface area contributed by atoms with Crippen molar-refractivity contribution >= 4 is 11.7 Å². The van der Waals surface area contributed by atoms with E-state index in [9.17, 15) is 9.59 Å². The Morgan fingerprint density at radius 1 is 1.43 bits per heavy atom. The van der Waals surface area contributed by atoms with Crippen molar-refractivity contribution in [2.75, 3.05) is 0 Å². The van der Waals surface area contributed by atoms with Crippen molar-refractivity contribution in [1.82, 2.24) is 5.32 Å². The molecule has 0 aliphatic carbocycles. The summed E-state index contributed by atoms with van der Waals surface area (Å²) >= 11 is 0. The summed E-state index contributed by atoms with van der Waals surface area (Å²) in [5, 5.41) is 2.53. The van der Waals surface area contributed by atoms with Gasteiger partial charge in [0, 0.05) is 0 Å². The van der Waals surface area contributed by atoms with Crippen LogP contribution in [-0.2, 0) is 4.79 Å². The molecule has 0 spiro atoms. The number of furan rings is 1. The molecule has 1 unspecified atom stereocenters. The van der Waals surface area contributed by atoms with E-state index in [1.165, 1.54) is 6.92 Å². The number of rotatable bonds is 3. The SMILES string of the molecule is CC(=O)C(C)NC(=O)c1ccc(C)o1. The largest absolute Gasteiger partial charge is 0.456 e. The number of carbonyl (C=O) groups excluding carboxylic acids is 2. The van der Waals surface area contributed by atoms with Gasteiger partial charge in [-0.3, -0.25) is 9.59 Å². The summed E-state index contributed by atoms with van der Waals surface area (Å²) < 4.78 is 5.10. The Morgan fingerprint density at radius 2 is 2.07 bits per heavy atom. The quantitative estimate of drug-likeness (QED) is 0.790. The molecule has 0 fully saturated rings. The zero-order chi connectivity index (χ0) is 10.7. The van der Waals surface area contributed by atoms with E-state index in [1.54, 1.807) is 26.0 Å². The Morgan fingerprint density at radius 3 is 2.50 bits per heavy atom. The Hall–Kier alpha value is -1.58. The maximum Gasteiger partial charge on any atom is 0.287 e. The third kappa shape index (κ3) is 2.45. The molecule has 14 heavy (non-hydrogen) atoms. The summed E-state index contributed by atoms with van der Waals surface area (Å²) in [4.78, 5) is 22.3. The molecule has 1 aromatic rings. The summed E-state index contributed by atoms with van der Waals surface area (Å²) in [5.74, 6) is 0.462. The third-order valence-corrected chi connectivity index (χ3v) is 1.92. The van der Waals surface area contributed by atoms with E-state index < -0.39 is 6.04 Å². The molecule has 1 rings (SSSR count). The average molecular weight is 195 g/mol. The number of ketones is 1. The highest BCUT2D eigenvalue weighted by molar-refractivity contribution is 5.95. The minimum Gasteiger partial charge on any atom is -0.456 e. The number of nitrogens with one attached hydrogen (secondary N) is 1. The lowest BCUT2D eigenvalue weighted by Crippen LogP contribution is -2.37. The average Bonchev–Trinajstić information content (AvgIpc) is 2.51. The molecule has 0 radical (unpaired) electrons. The molecule has 4 heteroatoms. The monoisotopic (exact) mass is 195 g/mol. The minimum absolute atomic E-state index is 0.0818. The molecule has 1 heterocycles. The van der Waals surface area contributed by atoms with Crippen molar-refractivity contribution in [3.63, 3.8) is 0 Å². The van der Waals surface area contributed by atoms with Gasteiger partial charge in [-0.05, 0) is 32.9 Å². The smallest absolute Gasteiger partial charge is 0.287 e. The molecule has 0 saturated heterocycles. The van der Waals surface area contributed by atoms with Gasteiger partial charge in [-0.25, -0.2) is 0 Å². The van der Waals surface area contributed by atoms with Gasteiger partial charge < -0.3 is 9.73 Å². The maximum absolute atomic E-state index is 11.4. The van der Waals surface area contributed by atoms with Crippen molar-refractivity contribution in [3.8, 4) is 0 Å². The first kappa shape index (κ1) is 10.5. The van der Waals surface area contributed by atoms with Crippen LogP contribution in [0, 0.1) is 6.92 Å². The van der Waals surface area contributed by atoms with Crippen molar-refractivity contribution in [3.05, 3.63) is 23.7 Å². The fourth-order valence-corrected chi connectivity index (χ4v) is 0.926. The van der Waals surface area contributed by atoms with Gasteiger partial charge in [-0.1, -0.05) is 0 Å². The topological polar surface area (TPSA) is 59.3 Å². The van der Waals surface area contributed by atoms with Crippen molar-refractivity contribution < 1.29 is 14.0 Å². The van der Waals surface area contributed by atoms with Crippen molar-refractivity contribution in [2.24, 2.45) is 0 Å². The molecular weight excluding hydrogens is 182 g/mol. The van der Waals surface area contributed by atoms with Crippen LogP contribution in [0.3, 0.4) is 0 Å². The molecule has 1 atom stereocenters. The van der Waals surface area contributed by atoms with E-state index in [4.69, 9.17) is 4.42 Å². The van der Waals surface area contributed by atoms with E-state index in [1.807, 2.05) is 0 Å². The summed E-state index contributed by atoms with van der Waals surface area (Å²) in [6.45, 7) is 4.82. The summed E-state index contributed by atoms with van der Waals surface area (Å²) in [5.41, 5.74) is 0. The van der Waals surface area contributed by atoms with Crippen LogP contribution in [0.5, 0.6) is 0 Å². The first-order valence-corrected chi connectivity index (χ1v) is 4.38. The Bertz CT molecular complexity index is 354. The van der Waals surface area contributed by atoms with Crippen LogP contribution in [-0.4, -0.2) is 17.7 Å². The van der Waals surface area contributed by atoms with Crippen LogP contribution >= 0.6 is 0 Å². The molecule has 0 saturated carbocycles. The summed E-state index contributed by atoms with van der Waals surface area (Å²) in [6.07, 6.45) is 0. The van der Waals surface area contributed by atoms with Crippen LogP contribution in [0.4, 0.5) is 0 Å². The zero-order valence-corrected chi connectivity index (χ0v) is 8.46. The van der Waals surface area contributed by atoms with E-state index in [-0.39, 0.29) is 17.5 Å². The van der Waals surface area contributed by atoms with Crippen LogP contribution in [0.25, 0.3) is 0 Å². The highest BCUT2D eigenvalue weighted by atomic mass is 16.3. The lowest BCUT2D eigenvalue weighted by Gasteiger charge is -2.08. The molecular formula is C10H13NO3. The van der Waals surface area contributed by atoms with Crippen LogP contribution in [0.1, 0.15) is 30.2 Å². The third-order valence-electron chi connectivity index (χ3n) is 1.92. The number of hydrogen-bond donors (Lipinski definition) is 1. The van der Waals surface area contributed by atoms with Crippen molar-refractivity contribution in [1.29, 1.82) is 0 Å². The molecule has 0 aromatic carbocycles. The molecule has 76 valence electrons. The highest BCUT2D eigenvalue weighted by Gasteiger charge is 2.15. The number of Topliss-reactive ketones (excluding diaryl/α,β-unsaturated/α-hetero) is 1. The predicted octanol–water partition coefficient (Wildman–Crippen LogP) is 1.30. The molecule has 1 N–H and O–H groups in total. The summed E-state index contributed by atoms with van der Waals surface area (Å²) in [6, 6.07) is 2.80. The van der Waals surface area contributed by atoms with Gasteiger partial charge in [0.15, 0.2) is 11.5 Å². The number of amides is 1. The first-order valence-electron chi connectivity index (χ1n) is 4.38. The van der Waals surface area contributed by atoms with E-state index in [0.29, 0.717) is 5.76 Å². The summed E-state index contributed by atoms with van der Waals surface area (Å²) in [7, 11) is 0.